The fourth-order valence-electron chi connectivity index (χ4n) is 3.06. The molecule has 4 rings (SSSR count). The zero-order chi connectivity index (χ0) is 16.4. The van der Waals surface area contributed by atoms with Crippen LogP contribution in [0, 0.1) is 0 Å². The molecule has 1 unspecified atom stereocenters. The summed E-state index contributed by atoms with van der Waals surface area (Å²) in [6, 6.07) is 0. The first-order valence-corrected chi connectivity index (χ1v) is 7.04. The molecule has 4 heterocycles. The van der Waals surface area contributed by atoms with E-state index < -0.39 is 36.3 Å². The maximum absolute atomic E-state index is 11.5. The number of rotatable bonds is 2. The van der Waals surface area contributed by atoms with E-state index >= 15 is 0 Å². The van der Waals surface area contributed by atoms with Gasteiger partial charge in [-0.2, -0.15) is 0 Å². The molecule has 0 saturated carbocycles. The van der Waals surface area contributed by atoms with Gasteiger partial charge in [-0.25, -0.2) is 19.7 Å². The largest absolute Gasteiger partial charge is 0.479 e. The van der Waals surface area contributed by atoms with Crippen molar-refractivity contribution in [2.24, 2.45) is 0 Å². The third kappa shape index (κ3) is 2.06. The van der Waals surface area contributed by atoms with E-state index in [1.165, 1.54) is 12.7 Å². The van der Waals surface area contributed by atoms with Crippen molar-refractivity contribution in [3.63, 3.8) is 0 Å². The van der Waals surface area contributed by atoms with Gasteiger partial charge in [0.25, 0.3) is 0 Å². The third-order valence-corrected chi connectivity index (χ3v) is 3.93. The van der Waals surface area contributed by atoms with Crippen LogP contribution in [-0.2, 0) is 19.0 Å². The van der Waals surface area contributed by atoms with E-state index in [-0.39, 0.29) is 5.82 Å². The van der Waals surface area contributed by atoms with Crippen LogP contribution in [0.4, 0.5) is 5.82 Å². The lowest BCUT2D eigenvalue weighted by molar-refractivity contribution is -0.202. The molecule has 2 aromatic heterocycles. The maximum atomic E-state index is 11.5. The number of fused-ring (bicyclic) bond motifs is 2. The lowest BCUT2D eigenvalue weighted by Crippen LogP contribution is -2.35. The maximum Gasteiger partial charge on any atom is 0.335 e. The summed E-state index contributed by atoms with van der Waals surface area (Å²) < 4.78 is 18.8. The predicted octanol–water partition coefficient (Wildman–Crippen LogP) is -0.0894. The molecule has 0 amide bonds. The molecule has 10 heteroatoms. The molecule has 0 aromatic carbocycles. The van der Waals surface area contributed by atoms with Gasteiger partial charge in [0.1, 0.15) is 24.1 Å². The molecule has 0 radical (unpaired) electrons. The van der Waals surface area contributed by atoms with Crippen molar-refractivity contribution >= 4 is 23.0 Å². The van der Waals surface area contributed by atoms with E-state index in [0.717, 1.165) is 0 Å². The molecule has 10 nitrogen and oxygen atoms in total. The molecule has 0 spiro atoms. The molecule has 2 aliphatic heterocycles. The summed E-state index contributed by atoms with van der Waals surface area (Å²) in [4.78, 5) is 23.7. The standard InChI is InChI=1S/C13H15N5O5/c1-13(2)22-6-7(23-13)11(21-8(6)12(19)20)18-4-17-5-9(14)15-3-16-10(5)18/h3-4,6-8,11H,1-2H3,(H,19,20)(H2,14,15,16)/t6?,7-,8-,11+/m0/s1. The molecule has 0 bridgehead atoms. The topological polar surface area (TPSA) is 135 Å². The van der Waals surface area contributed by atoms with Crippen LogP contribution in [0.5, 0.6) is 0 Å². The number of nitrogens with zero attached hydrogens (tertiary/aromatic N) is 4. The summed E-state index contributed by atoms with van der Waals surface area (Å²) in [7, 11) is 0. The Morgan fingerprint density at radius 1 is 1.30 bits per heavy atom. The quantitative estimate of drug-likeness (QED) is 0.777. The number of carboxylic acid groups (broad SMARTS) is 1. The second kappa shape index (κ2) is 4.60. The van der Waals surface area contributed by atoms with Crippen molar-refractivity contribution in [2.45, 2.75) is 44.2 Å². The van der Waals surface area contributed by atoms with E-state index in [9.17, 15) is 9.90 Å². The van der Waals surface area contributed by atoms with E-state index in [1.807, 2.05) is 0 Å². The zero-order valence-electron chi connectivity index (χ0n) is 12.4. The van der Waals surface area contributed by atoms with Crippen molar-refractivity contribution in [3.8, 4) is 0 Å². The Hall–Kier alpha value is -2.30. The Balaban J connectivity index is 1.78. The summed E-state index contributed by atoms with van der Waals surface area (Å²) in [6.45, 7) is 3.46. The van der Waals surface area contributed by atoms with Crippen LogP contribution in [0.25, 0.3) is 11.2 Å². The van der Waals surface area contributed by atoms with E-state index in [2.05, 4.69) is 15.0 Å². The molecule has 3 N–H and O–H groups in total. The minimum Gasteiger partial charge on any atom is -0.479 e. The van der Waals surface area contributed by atoms with Crippen LogP contribution in [0.3, 0.4) is 0 Å². The van der Waals surface area contributed by atoms with Gasteiger partial charge in [-0.1, -0.05) is 0 Å². The van der Waals surface area contributed by atoms with Crippen LogP contribution in [0.15, 0.2) is 12.7 Å². The summed E-state index contributed by atoms with van der Waals surface area (Å²) in [5.74, 6) is -1.76. The van der Waals surface area contributed by atoms with Crippen molar-refractivity contribution in [2.75, 3.05) is 5.73 Å². The Kier molecular flexibility index (Phi) is 2.86. The summed E-state index contributed by atoms with van der Waals surface area (Å²) >= 11 is 0. The van der Waals surface area contributed by atoms with Gasteiger partial charge in [-0.15, -0.1) is 0 Å². The highest BCUT2D eigenvalue weighted by molar-refractivity contribution is 5.81. The molecule has 2 saturated heterocycles. The molecule has 2 fully saturated rings. The number of aromatic nitrogens is 4. The first kappa shape index (κ1) is 14.3. The second-order valence-electron chi connectivity index (χ2n) is 5.93. The van der Waals surface area contributed by atoms with Crippen LogP contribution in [0.2, 0.25) is 0 Å². The molecule has 2 aromatic rings. The van der Waals surface area contributed by atoms with Gasteiger partial charge in [0.05, 0.1) is 6.33 Å². The van der Waals surface area contributed by atoms with Crippen molar-refractivity contribution < 1.29 is 24.1 Å². The van der Waals surface area contributed by atoms with Gasteiger partial charge in [-0.05, 0) is 13.8 Å². The molecule has 0 aliphatic carbocycles. The molecule has 4 atom stereocenters. The van der Waals surface area contributed by atoms with Gasteiger partial charge in [0.2, 0.25) is 0 Å². The fourth-order valence-corrected chi connectivity index (χ4v) is 3.06. The van der Waals surface area contributed by atoms with Gasteiger partial charge in [-0.3, -0.25) is 4.57 Å². The first-order valence-electron chi connectivity index (χ1n) is 7.04. The third-order valence-electron chi connectivity index (χ3n) is 3.93. The smallest absolute Gasteiger partial charge is 0.335 e. The number of carboxylic acids is 1. The number of hydrogen-bond acceptors (Lipinski definition) is 8. The minimum absolute atomic E-state index is 0.238. The van der Waals surface area contributed by atoms with Gasteiger partial charge < -0.3 is 25.1 Å². The lowest BCUT2D eigenvalue weighted by atomic mass is 10.1. The van der Waals surface area contributed by atoms with Crippen molar-refractivity contribution in [1.29, 1.82) is 0 Å². The number of carbonyl (C=O) groups is 1. The summed E-state index contributed by atoms with van der Waals surface area (Å²) in [5.41, 5.74) is 6.64. The highest BCUT2D eigenvalue weighted by Crippen LogP contribution is 2.43. The zero-order valence-corrected chi connectivity index (χ0v) is 12.4. The highest BCUT2D eigenvalue weighted by Gasteiger charge is 2.58. The Bertz CT molecular complexity index is 790. The SMILES string of the molecule is CC1(C)OC2[C@@H](C(=O)O)O[C@@H](n3cnc4c(N)ncnc43)[C@H]2O1. The Morgan fingerprint density at radius 3 is 2.78 bits per heavy atom. The first-order chi connectivity index (χ1) is 10.9. The monoisotopic (exact) mass is 321 g/mol. The number of aliphatic carboxylic acids is 1. The number of imidazole rings is 1. The number of ether oxygens (including phenoxy) is 3. The van der Waals surface area contributed by atoms with E-state index in [4.69, 9.17) is 19.9 Å². The number of anilines is 1. The Labute approximate surface area is 130 Å². The highest BCUT2D eigenvalue weighted by atomic mass is 16.8. The Morgan fingerprint density at radius 2 is 2.04 bits per heavy atom. The number of hydrogen-bond donors (Lipinski definition) is 2. The second-order valence-corrected chi connectivity index (χ2v) is 5.93. The van der Waals surface area contributed by atoms with Crippen LogP contribution < -0.4 is 5.73 Å². The van der Waals surface area contributed by atoms with Crippen molar-refractivity contribution in [3.05, 3.63) is 12.7 Å². The van der Waals surface area contributed by atoms with Crippen molar-refractivity contribution in [1.82, 2.24) is 19.5 Å². The van der Waals surface area contributed by atoms with Crippen LogP contribution >= 0.6 is 0 Å². The minimum atomic E-state index is -1.14. The molecule has 2 aliphatic rings. The van der Waals surface area contributed by atoms with Gasteiger partial charge >= 0.3 is 5.97 Å². The number of nitrogen functional groups attached to an aromatic ring is 1. The predicted molar refractivity (Wildman–Crippen MR) is 75.1 cm³/mol. The van der Waals surface area contributed by atoms with Crippen LogP contribution in [-0.4, -0.2) is 54.7 Å². The normalized spacial score (nSPS) is 32.3. The van der Waals surface area contributed by atoms with Crippen LogP contribution in [0.1, 0.15) is 20.1 Å². The van der Waals surface area contributed by atoms with E-state index in [1.54, 1.807) is 18.4 Å². The molecule has 122 valence electrons. The number of nitrogens with two attached hydrogens (primary N) is 1. The average Bonchev–Trinajstić information content (AvgIpc) is 3.09. The molecule has 23 heavy (non-hydrogen) atoms. The average molecular weight is 321 g/mol. The lowest BCUT2D eigenvalue weighted by Gasteiger charge is -2.23. The summed E-state index contributed by atoms with van der Waals surface area (Å²) in [5, 5.41) is 9.37. The fraction of sp³-hybridized carbons (Fsp3) is 0.538. The molecular formula is C13H15N5O5. The van der Waals surface area contributed by atoms with Gasteiger partial charge in [0.15, 0.2) is 29.6 Å². The molecular weight excluding hydrogens is 306 g/mol. The summed E-state index contributed by atoms with van der Waals surface area (Å²) in [6.07, 6.45) is -0.391. The van der Waals surface area contributed by atoms with Gasteiger partial charge in [0, 0.05) is 0 Å². The van der Waals surface area contributed by atoms with E-state index in [0.29, 0.717) is 11.2 Å².